The van der Waals surface area contributed by atoms with Crippen molar-refractivity contribution in [1.29, 1.82) is 5.41 Å². The van der Waals surface area contributed by atoms with E-state index in [1.807, 2.05) is 0 Å². The molecule has 1 aromatic carbocycles. The number of rotatable bonds is 3. The number of amides is 1. The van der Waals surface area contributed by atoms with Crippen molar-refractivity contribution < 1.29 is 9.90 Å². The third kappa shape index (κ3) is 1.60. The Balaban J connectivity index is 2.28. The Morgan fingerprint density at radius 2 is 2.00 bits per heavy atom. The van der Waals surface area contributed by atoms with Crippen LogP contribution in [0.25, 0.3) is 0 Å². The van der Waals surface area contributed by atoms with Crippen molar-refractivity contribution in [2.45, 2.75) is 6.10 Å². The first kappa shape index (κ1) is 10.8. The lowest BCUT2D eigenvalue weighted by Gasteiger charge is -2.18. The molecule has 0 saturated heterocycles. The molecule has 0 aromatic heterocycles. The van der Waals surface area contributed by atoms with Crippen molar-refractivity contribution >= 4 is 11.7 Å². The van der Waals surface area contributed by atoms with Gasteiger partial charge in [0, 0.05) is 12.1 Å². The molecule has 1 atom stereocenters. The predicted octanol–water partition coefficient (Wildman–Crippen LogP) is -0.213. The van der Waals surface area contributed by atoms with E-state index in [1.165, 1.54) is 4.90 Å². The van der Waals surface area contributed by atoms with Crippen molar-refractivity contribution in [3.8, 4) is 0 Å². The van der Waals surface area contributed by atoms with Crippen LogP contribution in [0.5, 0.6) is 0 Å². The number of aliphatic hydroxyl groups is 1. The third-order valence-corrected chi connectivity index (χ3v) is 2.59. The molecule has 1 aromatic rings. The first-order chi connectivity index (χ1) is 7.65. The van der Waals surface area contributed by atoms with Gasteiger partial charge in [-0.15, -0.1) is 0 Å². The van der Waals surface area contributed by atoms with Crippen LogP contribution in [0.15, 0.2) is 24.3 Å². The molecule has 0 bridgehead atoms. The van der Waals surface area contributed by atoms with Crippen molar-refractivity contribution in [3.63, 3.8) is 0 Å². The molecule has 0 fully saturated rings. The van der Waals surface area contributed by atoms with Crippen LogP contribution in [0.4, 0.5) is 0 Å². The van der Waals surface area contributed by atoms with Crippen LogP contribution in [0.2, 0.25) is 0 Å². The smallest absolute Gasteiger partial charge is 0.260 e. The molecule has 5 nitrogen and oxygen atoms in total. The number of nitrogens with zero attached hydrogens (tertiary/aromatic N) is 1. The first-order valence-electron chi connectivity index (χ1n) is 5.03. The molecule has 0 radical (unpaired) electrons. The van der Waals surface area contributed by atoms with Gasteiger partial charge in [-0.2, -0.15) is 0 Å². The van der Waals surface area contributed by atoms with Gasteiger partial charge in [0.2, 0.25) is 0 Å². The van der Waals surface area contributed by atoms with Crippen LogP contribution < -0.4 is 5.73 Å². The number of hydrogen-bond donors (Lipinski definition) is 3. The van der Waals surface area contributed by atoms with Gasteiger partial charge in [-0.1, -0.05) is 18.2 Å². The first-order valence-corrected chi connectivity index (χ1v) is 5.03. The number of nitrogens with two attached hydrogens (primary N) is 1. The standard InChI is InChI=1S/C11H13N3O2/c12-5-7(15)6-14-10(13)8-3-1-2-4-9(8)11(14)16/h1-4,7,13,15H,5-6,12H2. The van der Waals surface area contributed by atoms with Gasteiger partial charge in [-0.25, -0.2) is 0 Å². The van der Waals surface area contributed by atoms with Crippen LogP contribution in [0, 0.1) is 5.41 Å². The van der Waals surface area contributed by atoms with E-state index in [2.05, 4.69) is 0 Å². The van der Waals surface area contributed by atoms with Crippen molar-refractivity contribution in [2.75, 3.05) is 13.1 Å². The molecule has 4 N–H and O–H groups in total. The average Bonchev–Trinajstić information content (AvgIpc) is 2.55. The minimum Gasteiger partial charge on any atom is -0.390 e. The summed E-state index contributed by atoms with van der Waals surface area (Å²) in [5.74, 6) is -0.110. The van der Waals surface area contributed by atoms with Gasteiger partial charge in [0.1, 0.15) is 5.84 Å². The lowest BCUT2D eigenvalue weighted by Crippen LogP contribution is -2.39. The van der Waals surface area contributed by atoms with Crippen LogP contribution in [-0.4, -0.2) is 40.9 Å². The van der Waals surface area contributed by atoms with Crippen LogP contribution in [0.3, 0.4) is 0 Å². The van der Waals surface area contributed by atoms with Crippen LogP contribution in [-0.2, 0) is 0 Å². The van der Waals surface area contributed by atoms with E-state index in [1.54, 1.807) is 24.3 Å². The molecule has 1 amide bonds. The molecule has 1 aliphatic rings. The van der Waals surface area contributed by atoms with Gasteiger partial charge >= 0.3 is 0 Å². The highest BCUT2D eigenvalue weighted by atomic mass is 16.3. The number of benzene rings is 1. The Kier molecular flexibility index (Phi) is 2.72. The second kappa shape index (κ2) is 4.03. The number of β-amino-alcohol motifs (C(OH)–C–C–N with tert-alkyl or cyclic N) is 1. The fourth-order valence-electron chi connectivity index (χ4n) is 1.73. The third-order valence-electron chi connectivity index (χ3n) is 2.59. The number of nitrogens with one attached hydrogen (secondary N) is 1. The second-order valence-electron chi connectivity index (χ2n) is 3.70. The Morgan fingerprint density at radius 3 is 2.56 bits per heavy atom. The number of carbonyl (C=O) groups excluding carboxylic acids is 1. The number of amidine groups is 1. The van der Waals surface area contributed by atoms with Gasteiger partial charge in [-0.3, -0.25) is 15.1 Å². The van der Waals surface area contributed by atoms with E-state index < -0.39 is 6.10 Å². The maximum atomic E-state index is 11.9. The lowest BCUT2D eigenvalue weighted by atomic mass is 10.1. The lowest BCUT2D eigenvalue weighted by molar-refractivity contribution is 0.0783. The highest BCUT2D eigenvalue weighted by Crippen LogP contribution is 2.22. The Hall–Kier alpha value is -1.72. The van der Waals surface area contributed by atoms with Crippen molar-refractivity contribution in [2.24, 2.45) is 5.73 Å². The van der Waals surface area contributed by atoms with E-state index >= 15 is 0 Å². The summed E-state index contributed by atoms with van der Waals surface area (Å²) in [5, 5.41) is 17.3. The molecule has 0 aliphatic carbocycles. The Morgan fingerprint density at radius 1 is 1.38 bits per heavy atom. The maximum absolute atomic E-state index is 11.9. The highest BCUT2D eigenvalue weighted by molar-refractivity contribution is 6.22. The summed E-state index contributed by atoms with van der Waals surface area (Å²) in [6, 6.07) is 6.95. The zero-order valence-electron chi connectivity index (χ0n) is 8.68. The fourth-order valence-corrected chi connectivity index (χ4v) is 1.73. The zero-order valence-corrected chi connectivity index (χ0v) is 8.68. The van der Waals surface area contributed by atoms with E-state index in [4.69, 9.17) is 11.1 Å². The average molecular weight is 219 g/mol. The van der Waals surface area contributed by atoms with E-state index in [9.17, 15) is 9.90 Å². The number of fused-ring (bicyclic) bond motifs is 1. The van der Waals surface area contributed by atoms with E-state index in [0.29, 0.717) is 11.1 Å². The SMILES string of the molecule is N=C1c2ccccc2C(=O)N1CC(O)CN. The predicted molar refractivity (Wildman–Crippen MR) is 59.4 cm³/mol. The molecule has 16 heavy (non-hydrogen) atoms. The molecular formula is C11H13N3O2. The van der Waals surface area contributed by atoms with Crippen molar-refractivity contribution in [1.82, 2.24) is 4.90 Å². The van der Waals surface area contributed by atoms with Gasteiger partial charge in [0.15, 0.2) is 0 Å². The fraction of sp³-hybridized carbons (Fsp3) is 0.273. The minimum atomic E-state index is -0.793. The molecule has 1 unspecified atom stereocenters. The second-order valence-corrected chi connectivity index (χ2v) is 3.70. The summed E-state index contributed by atoms with van der Waals surface area (Å²) < 4.78 is 0. The monoisotopic (exact) mass is 219 g/mol. The summed E-state index contributed by atoms with van der Waals surface area (Å²) >= 11 is 0. The largest absolute Gasteiger partial charge is 0.390 e. The normalized spacial score (nSPS) is 16.5. The molecule has 84 valence electrons. The van der Waals surface area contributed by atoms with Crippen LogP contribution >= 0.6 is 0 Å². The van der Waals surface area contributed by atoms with Crippen molar-refractivity contribution in [3.05, 3.63) is 35.4 Å². The summed E-state index contributed by atoms with van der Waals surface area (Å²) in [6.45, 7) is 0.149. The van der Waals surface area contributed by atoms with Gasteiger partial charge < -0.3 is 10.8 Å². The van der Waals surface area contributed by atoms with Gasteiger partial charge in [0.25, 0.3) is 5.91 Å². The zero-order chi connectivity index (χ0) is 11.7. The maximum Gasteiger partial charge on any atom is 0.260 e. The summed E-state index contributed by atoms with van der Waals surface area (Å²) in [6.07, 6.45) is -0.793. The molecule has 0 saturated carbocycles. The van der Waals surface area contributed by atoms with E-state index in [-0.39, 0.29) is 24.8 Å². The minimum absolute atomic E-state index is 0.0723. The Labute approximate surface area is 93.0 Å². The van der Waals surface area contributed by atoms with Gasteiger partial charge in [0.05, 0.1) is 18.2 Å². The summed E-state index contributed by atoms with van der Waals surface area (Å²) in [5.41, 5.74) is 6.41. The van der Waals surface area contributed by atoms with Gasteiger partial charge in [-0.05, 0) is 6.07 Å². The quantitative estimate of drug-likeness (QED) is 0.656. The summed E-state index contributed by atoms with van der Waals surface area (Å²) in [4.78, 5) is 13.1. The molecule has 0 spiro atoms. The number of hydrogen-bond acceptors (Lipinski definition) is 4. The molecular weight excluding hydrogens is 206 g/mol. The molecule has 1 heterocycles. The molecule has 2 rings (SSSR count). The molecule has 5 heteroatoms. The number of carbonyl (C=O) groups is 1. The van der Waals surface area contributed by atoms with Crippen LogP contribution in [0.1, 0.15) is 15.9 Å². The number of aliphatic hydroxyl groups excluding tert-OH is 1. The Bertz CT molecular complexity index is 410. The topological polar surface area (TPSA) is 90.4 Å². The highest BCUT2D eigenvalue weighted by Gasteiger charge is 2.32. The molecule has 1 aliphatic heterocycles. The summed E-state index contributed by atoms with van der Waals surface area (Å²) in [7, 11) is 0. The van der Waals surface area contributed by atoms with E-state index in [0.717, 1.165) is 0 Å².